The van der Waals surface area contributed by atoms with E-state index in [0.717, 1.165) is 24.3 Å². The predicted molar refractivity (Wildman–Crippen MR) is 60.1 cm³/mol. The topological polar surface area (TPSA) is 38.0 Å². The van der Waals surface area contributed by atoms with Gasteiger partial charge in [0.1, 0.15) is 0 Å². The van der Waals surface area contributed by atoms with Crippen molar-refractivity contribution >= 4 is 0 Å². The molecule has 0 saturated heterocycles. The number of rotatable bonds is 2. The van der Waals surface area contributed by atoms with Crippen molar-refractivity contribution in [3.63, 3.8) is 0 Å². The molecule has 2 fully saturated rings. The molecule has 2 rings (SSSR count). The Hall–Kier alpha value is -0.0800. The third kappa shape index (κ3) is 1.96. The molecule has 3 N–H and O–H groups in total. The van der Waals surface area contributed by atoms with Crippen molar-refractivity contribution in [1.82, 2.24) is 5.32 Å². The van der Waals surface area contributed by atoms with Crippen LogP contribution in [0, 0.1) is 17.8 Å². The maximum Gasteiger partial charge on any atom is 0.0110 e. The van der Waals surface area contributed by atoms with E-state index in [4.69, 9.17) is 5.73 Å². The minimum Gasteiger partial charge on any atom is -0.327 e. The fraction of sp³-hybridized carbons (Fsp3) is 1.00. The summed E-state index contributed by atoms with van der Waals surface area (Å²) in [5, 5.41) is 3.60. The van der Waals surface area contributed by atoms with Crippen LogP contribution in [-0.4, -0.2) is 18.1 Å². The molecule has 0 heterocycles. The molecule has 4 unspecified atom stereocenters. The molecule has 2 aliphatic carbocycles. The van der Waals surface area contributed by atoms with Gasteiger partial charge < -0.3 is 11.1 Å². The van der Waals surface area contributed by atoms with Crippen molar-refractivity contribution in [2.24, 2.45) is 23.5 Å². The summed E-state index contributed by atoms with van der Waals surface area (Å²) in [6.07, 6.45) is 4.21. The number of hydrogen-bond donors (Lipinski definition) is 2. The molecular formula is C12H24N2. The largest absolute Gasteiger partial charge is 0.327 e. The molecule has 0 aromatic carbocycles. The van der Waals surface area contributed by atoms with Crippen LogP contribution in [0.3, 0.4) is 0 Å². The normalized spacial score (nSPS) is 42.0. The molecule has 2 nitrogen and oxygen atoms in total. The Morgan fingerprint density at radius 1 is 1.21 bits per heavy atom. The van der Waals surface area contributed by atoms with Crippen molar-refractivity contribution in [2.75, 3.05) is 6.54 Å². The second-order valence-corrected chi connectivity index (χ2v) is 6.21. The van der Waals surface area contributed by atoms with Crippen LogP contribution >= 0.6 is 0 Å². The Balaban J connectivity index is 1.87. The monoisotopic (exact) mass is 196 g/mol. The smallest absolute Gasteiger partial charge is 0.0110 e. The summed E-state index contributed by atoms with van der Waals surface area (Å²) in [6, 6.07) is 0.476. The molecule has 0 aliphatic heterocycles. The van der Waals surface area contributed by atoms with Gasteiger partial charge in [-0.2, -0.15) is 0 Å². The van der Waals surface area contributed by atoms with Gasteiger partial charge in [0.25, 0.3) is 0 Å². The van der Waals surface area contributed by atoms with Crippen LogP contribution in [0.4, 0.5) is 0 Å². The van der Waals surface area contributed by atoms with Crippen molar-refractivity contribution in [3.8, 4) is 0 Å². The van der Waals surface area contributed by atoms with Crippen LogP contribution in [0.5, 0.6) is 0 Å². The van der Waals surface area contributed by atoms with E-state index in [1.807, 2.05) is 0 Å². The molecule has 0 aromatic heterocycles. The first-order valence-corrected chi connectivity index (χ1v) is 5.98. The van der Waals surface area contributed by atoms with Gasteiger partial charge >= 0.3 is 0 Å². The lowest BCUT2D eigenvalue weighted by Crippen LogP contribution is -2.46. The van der Waals surface area contributed by atoms with E-state index in [2.05, 4.69) is 26.1 Å². The lowest BCUT2D eigenvalue weighted by atomic mass is 9.84. The summed E-state index contributed by atoms with van der Waals surface area (Å²) in [4.78, 5) is 0. The van der Waals surface area contributed by atoms with E-state index in [1.54, 1.807) is 0 Å². The van der Waals surface area contributed by atoms with E-state index in [9.17, 15) is 0 Å². The van der Waals surface area contributed by atoms with E-state index in [0.29, 0.717) is 6.04 Å². The third-order valence-electron chi connectivity index (χ3n) is 4.03. The van der Waals surface area contributed by atoms with Gasteiger partial charge in [0.2, 0.25) is 0 Å². The third-order valence-corrected chi connectivity index (χ3v) is 4.03. The lowest BCUT2D eigenvalue weighted by Gasteiger charge is -2.31. The maximum absolute atomic E-state index is 6.25. The van der Waals surface area contributed by atoms with Gasteiger partial charge in [-0.3, -0.25) is 0 Å². The van der Waals surface area contributed by atoms with E-state index in [-0.39, 0.29) is 5.54 Å². The highest BCUT2D eigenvalue weighted by molar-refractivity contribution is 5.00. The standard InChI is InChI=1S/C12H24N2/c1-12(2,3)14-7-10-8-4-5-9(6-8)11(10)13/h8-11,14H,4-7,13H2,1-3H3. The van der Waals surface area contributed by atoms with Gasteiger partial charge in [-0.15, -0.1) is 0 Å². The Bertz CT molecular complexity index is 205. The molecule has 0 amide bonds. The van der Waals surface area contributed by atoms with Crippen molar-refractivity contribution < 1.29 is 0 Å². The summed E-state index contributed by atoms with van der Waals surface area (Å²) >= 11 is 0. The molecule has 0 aromatic rings. The Kier molecular flexibility index (Phi) is 2.61. The zero-order chi connectivity index (χ0) is 10.3. The van der Waals surface area contributed by atoms with Gasteiger partial charge in [0, 0.05) is 18.1 Å². The molecule has 2 heteroatoms. The molecule has 2 bridgehead atoms. The summed E-state index contributed by atoms with van der Waals surface area (Å²) in [5.74, 6) is 2.50. The second-order valence-electron chi connectivity index (χ2n) is 6.21. The number of hydrogen-bond acceptors (Lipinski definition) is 2. The minimum atomic E-state index is 0.238. The molecule has 0 spiro atoms. The first-order chi connectivity index (χ1) is 6.47. The number of fused-ring (bicyclic) bond motifs is 2. The van der Waals surface area contributed by atoms with Gasteiger partial charge in [-0.05, 0) is 57.8 Å². The van der Waals surface area contributed by atoms with Gasteiger partial charge in [0.05, 0.1) is 0 Å². The molecular weight excluding hydrogens is 172 g/mol. The first kappa shape index (κ1) is 10.4. The Morgan fingerprint density at radius 2 is 1.86 bits per heavy atom. The van der Waals surface area contributed by atoms with Gasteiger partial charge in [0.15, 0.2) is 0 Å². The van der Waals surface area contributed by atoms with Crippen molar-refractivity contribution in [3.05, 3.63) is 0 Å². The fourth-order valence-corrected chi connectivity index (χ4v) is 3.18. The summed E-state index contributed by atoms with van der Waals surface area (Å²) < 4.78 is 0. The van der Waals surface area contributed by atoms with Crippen LogP contribution < -0.4 is 11.1 Å². The zero-order valence-electron chi connectivity index (χ0n) is 9.72. The lowest BCUT2D eigenvalue weighted by molar-refractivity contribution is 0.255. The molecule has 2 saturated carbocycles. The summed E-state index contributed by atoms with van der Waals surface area (Å²) in [5.41, 5.74) is 6.49. The van der Waals surface area contributed by atoms with Gasteiger partial charge in [-0.1, -0.05) is 0 Å². The van der Waals surface area contributed by atoms with E-state index >= 15 is 0 Å². The molecule has 14 heavy (non-hydrogen) atoms. The average molecular weight is 196 g/mol. The van der Waals surface area contributed by atoms with Crippen LogP contribution in [0.1, 0.15) is 40.0 Å². The average Bonchev–Trinajstić information content (AvgIpc) is 2.60. The van der Waals surface area contributed by atoms with Crippen molar-refractivity contribution in [1.29, 1.82) is 0 Å². The fourth-order valence-electron chi connectivity index (χ4n) is 3.18. The van der Waals surface area contributed by atoms with Crippen LogP contribution in [0.15, 0.2) is 0 Å². The Labute approximate surface area is 87.6 Å². The second kappa shape index (κ2) is 3.49. The summed E-state index contributed by atoms with van der Waals surface area (Å²) in [7, 11) is 0. The highest BCUT2D eigenvalue weighted by Crippen LogP contribution is 2.47. The quantitative estimate of drug-likeness (QED) is 0.706. The molecule has 0 radical (unpaired) electrons. The molecule has 82 valence electrons. The predicted octanol–water partition coefficient (Wildman–Crippen LogP) is 1.75. The molecule has 2 aliphatic rings. The van der Waals surface area contributed by atoms with Crippen molar-refractivity contribution in [2.45, 2.75) is 51.6 Å². The number of nitrogens with two attached hydrogens (primary N) is 1. The highest BCUT2D eigenvalue weighted by Gasteiger charge is 2.45. The van der Waals surface area contributed by atoms with E-state index in [1.165, 1.54) is 19.3 Å². The minimum absolute atomic E-state index is 0.238. The zero-order valence-corrected chi connectivity index (χ0v) is 9.72. The highest BCUT2D eigenvalue weighted by atomic mass is 15.0. The van der Waals surface area contributed by atoms with Crippen LogP contribution in [0.25, 0.3) is 0 Å². The van der Waals surface area contributed by atoms with E-state index < -0.39 is 0 Å². The van der Waals surface area contributed by atoms with Crippen LogP contribution in [-0.2, 0) is 0 Å². The summed E-state index contributed by atoms with van der Waals surface area (Å²) in [6.45, 7) is 7.80. The molecule has 4 atom stereocenters. The van der Waals surface area contributed by atoms with Crippen LogP contribution in [0.2, 0.25) is 0 Å². The van der Waals surface area contributed by atoms with Gasteiger partial charge in [-0.25, -0.2) is 0 Å². The Morgan fingerprint density at radius 3 is 2.36 bits per heavy atom. The SMILES string of the molecule is CC(C)(C)NCC1C2CCC(C2)C1N. The number of nitrogens with one attached hydrogen (secondary N) is 1. The maximum atomic E-state index is 6.25. The first-order valence-electron chi connectivity index (χ1n) is 5.98.